The Morgan fingerprint density at radius 2 is 1.90 bits per heavy atom. The summed E-state index contributed by atoms with van der Waals surface area (Å²) in [6.07, 6.45) is 0. The molecule has 0 bridgehead atoms. The number of hydrogen-bond donors (Lipinski definition) is 1. The Morgan fingerprint density at radius 1 is 1.19 bits per heavy atom. The predicted octanol–water partition coefficient (Wildman–Crippen LogP) is 3.34. The van der Waals surface area contributed by atoms with Gasteiger partial charge in [-0.25, -0.2) is 9.37 Å². The van der Waals surface area contributed by atoms with Crippen molar-refractivity contribution in [3.8, 4) is 5.69 Å². The van der Waals surface area contributed by atoms with Crippen LogP contribution >= 0.6 is 11.8 Å². The van der Waals surface area contributed by atoms with Gasteiger partial charge in [-0.15, -0.1) is 0 Å². The number of nitrogens with zero attached hydrogens (tertiary/aromatic N) is 2. The van der Waals surface area contributed by atoms with Crippen LogP contribution in [-0.4, -0.2) is 26.4 Å². The van der Waals surface area contributed by atoms with Crippen LogP contribution in [0.15, 0.2) is 53.7 Å². The summed E-state index contributed by atoms with van der Waals surface area (Å²) in [5, 5.41) is 9.30. The second-order valence-electron chi connectivity index (χ2n) is 4.35. The Labute approximate surface area is 124 Å². The Kier molecular flexibility index (Phi) is 3.62. The van der Waals surface area contributed by atoms with E-state index in [0.717, 1.165) is 17.3 Å². The van der Waals surface area contributed by atoms with Gasteiger partial charge < -0.3 is 5.11 Å². The molecule has 2 aromatic carbocycles. The Morgan fingerprint density at radius 3 is 2.67 bits per heavy atom. The summed E-state index contributed by atoms with van der Waals surface area (Å²) in [4.78, 5) is 15.2. The average Bonchev–Trinajstić information content (AvgIpc) is 2.84. The summed E-state index contributed by atoms with van der Waals surface area (Å²) in [6, 6.07) is 13.7. The Bertz CT molecular complexity index is 816. The summed E-state index contributed by atoms with van der Waals surface area (Å²) in [7, 11) is 0. The van der Waals surface area contributed by atoms with E-state index in [9.17, 15) is 9.18 Å². The molecular weight excluding hydrogens is 291 g/mol. The van der Waals surface area contributed by atoms with Gasteiger partial charge in [0, 0.05) is 0 Å². The molecule has 4 nitrogen and oxygen atoms in total. The molecule has 0 unspecified atom stereocenters. The topological polar surface area (TPSA) is 55.1 Å². The number of benzene rings is 2. The van der Waals surface area contributed by atoms with Crippen LogP contribution in [0.5, 0.6) is 0 Å². The van der Waals surface area contributed by atoms with Crippen molar-refractivity contribution >= 4 is 28.8 Å². The van der Waals surface area contributed by atoms with Gasteiger partial charge >= 0.3 is 5.97 Å². The third-order valence-corrected chi connectivity index (χ3v) is 3.87. The lowest BCUT2D eigenvalue weighted by Gasteiger charge is -2.09. The van der Waals surface area contributed by atoms with Crippen LogP contribution in [-0.2, 0) is 4.79 Å². The fourth-order valence-electron chi connectivity index (χ4n) is 2.09. The van der Waals surface area contributed by atoms with Gasteiger partial charge in [0.15, 0.2) is 5.16 Å². The van der Waals surface area contributed by atoms with Gasteiger partial charge in [0.1, 0.15) is 5.82 Å². The van der Waals surface area contributed by atoms with E-state index in [-0.39, 0.29) is 11.6 Å². The molecule has 0 atom stereocenters. The summed E-state index contributed by atoms with van der Waals surface area (Å²) >= 11 is 1.07. The number of aromatic nitrogens is 2. The largest absolute Gasteiger partial charge is 0.481 e. The van der Waals surface area contributed by atoms with E-state index in [1.54, 1.807) is 22.8 Å². The van der Waals surface area contributed by atoms with Crippen molar-refractivity contribution in [2.75, 3.05) is 5.75 Å². The maximum absolute atomic E-state index is 14.1. The SMILES string of the molecule is O=C(O)CSc1nc2ccccc2n1-c1ccccc1F. The van der Waals surface area contributed by atoms with E-state index in [1.807, 2.05) is 24.3 Å². The van der Waals surface area contributed by atoms with Gasteiger partial charge in [0.25, 0.3) is 0 Å². The lowest BCUT2D eigenvalue weighted by atomic mass is 10.2. The first-order chi connectivity index (χ1) is 10.2. The van der Waals surface area contributed by atoms with Crippen molar-refractivity contribution in [3.05, 3.63) is 54.3 Å². The van der Waals surface area contributed by atoms with Gasteiger partial charge in [-0.2, -0.15) is 0 Å². The van der Waals surface area contributed by atoms with Crippen LogP contribution in [0.25, 0.3) is 16.7 Å². The third kappa shape index (κ3) is 2.62. The Balaban J connectivity index is 2.20. The van der Waals surface area contributed by atoms with Crippen molar-refractivity contribution in [2.45, 2.75) is 5.16 Å². The molecule has 6 heteroatoms. The van der Waals surface area contributed by atoms with Crippen molar-refractivity contribution in [3.63, 3.8) is 0 Å². The zero-order valence-corrected chi connectivity index (χ0v) is 11.7. The molecule has 21 heavy (non-hydrogen) atoms. The molecule has 0 saturated carbocycles. The molecule has 0 aliphatic carbocycles. The minimum atomic E-state index is -0.938. The van der Waals surface area contributed by atoms with Crippen LogP contribution < -0.4 is 0 Å². The van der Waals surface area contributed by atoms with Gasteiger partial charge in [0.2, 0.25) is 0 Å². The number of imidazole rings is 1. The summed E-state index contributed by atoms with van der Waals surface area (Å²) in [6.45, 7) is 0. The highest BCUT2D eigenvalue weighted by Gasteiger charge is 2.16. The minimum Gasteiger partial charge on any atom is -0.481 e. The number of carbonyl (C=O) groups is 1. The molecule has 0 saturated heterocycles. The number of carboxylic acid groups (broad SMARTS) is 1. The molecule has 1 heterocycles. The number of carboxylic acids is 1. The first kappa shape index (κ1) is 13.6. The van der Waals surface area contributed by atoms with Crippen LogP contribution in [0.4, 0.5) is 4.39 Å². The fourth-order valence-corrected chi connectivity index (χ4v) is 2.83. The second kappa shape index (κ2) is 5.57. The molecule has 0 amide bonds. The normalized spacial score (nSPS) is 10.9. The molecule has 0 radical (unpaired) electrons. The number of hydrogen-bond acceptors (Lipinski definition) is 3. The van der Waals surface area contributed by atoms with Crippen LogP contribution in [0, 0.1) is 5.82 Å². The molecule has 0 aliphatic rings. The third-order valence-electron chi connectivity index (χ3n) is 2.95. The van der Waals surface area contributed by atoms with E-state index in [1.165, 1.54) is 6.07 Å². The van der Waals surface area contributed by atoms with Crippen molar-refractivity contribution in [1.29, 1.82) is 0 Å². The van der Waals surface area contributed by atoms with E-state index in [4.69, 9.17) is 5.11 Å². The molecule has 0 spiro atoms. The highest BCUT2D eigenvalue weighted by Crippen LogP contribution is 2.28. The zero-order valence-electron chi connectivity index (χ0n) is 10.9. The first-order valence-corrected chi connectivity index (χ1v) is 7.22. The Hall–Kier alpha value is -2.34. The van der Waals surface area contributed by atoms with Gasteiger partial charge in [-0.1, -0.05) is 36.0 Å². The minimum absolute atomic E-state index is 0.127. The number of aliphatic carboxylic acids is 1. The van der Waals surface area contributed by atoms with E-state index in [2.05, 4.69) is 4.98 Å². The highest BCUT2D eigenvalue weighted by atomic mass is 32.2. The lowest BCUT2D eigenvalue weighted by molar-refractivity contribution is -0.133. The zero-order chi connectivity index (χ0) is 14.8. The molecule has 106 valence electrons. The highest BCUT2D eigenvalue weighted by molar-refractivity contribution is 7.99. The average molecular weight is 302 g/mol. The summed E-state index contributed by atoms with van der Waals surface area (Å²) in [5.41, 5.74) is 1.81. The maximum Gasteiger partial charge on any atom is 0.313 e. The molecule has 1 aromatic heterocycles. The second-order valence-corrected chi connectivity index (χ2v) is 5.29. The first-order valence-electron chi connectivity index (χ1n) is 6.24. The molecular formula is C15H11FN2O2S. The van der Waals surface area contributed by atoms with Gasteiger partial charge in [-0.05, 0) is 24.3 Å². The predicted molar refractivity (Wildman–Crippen MR) is 79.4 cm³/mol. The number of halogens is 1. The van der Waals surface area contributed by atoms with Crippen molar-refractivity contribution in [2.24, 2.45) is 0 Å². The standard InChI is InChI=1S/C15H11FN2O2S/c16-10-5-1-3-7-12(10)18-13-8-4-2-6-11(13)17-15(18)21-9-14(19)20/h1-8H,9H2,(H,19,20). The molecule has 3 rings (SSSR count). The maximum atomic E-state index is 14.1. The fraction of sp³-hybridized carbons (Fsp3) is 0.0667. The smallest absolute Gasteiger partial charge is 0.313 e. The van der Waals surface area contributed by atoms with Gasteiger partial charge in [-0.3, -0.25) is 9.36 Å². The monoisotopic (exact) mass is 302 g/mol. The molecule has 0 aliphatic heterocycles. The van der Waals surface area contributed by atoms with E-state index in [0.29, 0.717) is 16.4 Å². The van der Waals surface area contributed by atoms with Gasteiger partial charge in [0.05, 0.1) is 22.5 Å². The van der Waals surface area contributed by atoms with E-state index < -0.39 is 5.97 Å². The number of rotatable bonds is 4. The summed E-state index contributed by atoms with van der Waals surface area (Å²) in [5.74, 6) is -1.44. The quantitative estimate of drug-likeness (QED) is 0.751. The summed E-state index contributed by atoms with van der Waals surface area (Å²) < 4.78 is 15.7. The molecule has 3 aromatic rings. The number of fused-ring (bicyclic) bond motifs is 1. The molecule has 1 N–H and O–H groups in total. The number of para-hydroxylation sites is 3. The lowest BCUT2D eigenvalue weighted by Crippen LogP contribution is -2.03. The van der Waals surface area contributed by atoms with Crippen LogP contribution in [0.3, 0.4) is 0 Å². The number of thioether (sulfide) groups is 1. The van der Waals surface area contributed by atoms with Crippen LogP contribution in [0.2, 0.25) is 0 Å². The van der Waals surface area contributed by atoms with E-state index >= 15 is 0 Å². The van der Waals surface area contributed by atoms with Crippen molar-refractivity contribution < 1.29 is 14.3 Å². The molecule has 0 fully saturated rings. The van der Waals surface area contributed by atoms with Crippen LogP contribution in [0.1, 0.15) is 0 Å². The van der Waals surface area contributed by atoms with Crippen molar-refractivity contribution in [1.82, 2.24) is 9.55 Å².